The van der Waals surface area contributed by atoms with Gasteiger partial charge in [-0.1, -0.05) is 6.07 Å². The zero-order chi connectivity index (χ0) is 26.6. The summed E-state index contributed by atoms with van der Waals surface area (Å²) in [6.07, 6.45) is 0. The number of morpholine rings is 1. The maximum atomic E-state index is 13.9. The van der Waals surface area contributed by atoms with Crippen LogP contribution < -0.4 is 19.6 Å². The van der Waals surface area contributed by atoms with Crippen LogP contribution in [0.4, 0.5) is 0 Å². The van der Waals surface area contributed by atoms with Crippen molar-refractivity contribution in [1.82, 2.24) is 9.80 Å². The first kappa shape index (κ1) is 26.1. The third-order valence-electron chi connectivity index (χ3n) is 6.89. The van der Waals surface area contributed by atoms with Gasteiger partial charge in [-0.3, -0.25) is 14.5 Å². The molecule has 202 valence electrons. The van der Waals surface area contributed by atoms with Crippen LogP contribution in [0.3, 0.4) is 0 Å². The second-order valence-corrected chi connectivity index (χ2v) is 9.19. The Balaban J connectivity index is 1.61. The highest BCUT2D eigenvalue weighted by atomic mass is 16.5. The molecule has 1 aromatic heterocycles. The number of hydrogen-bond donors (Lipinski definition) is 0. The van der Waals surface area contributed by atoms with Gasteiger partial charge in [0, 0.05) is 32.2 Å². The maximum absolute atomic E-state index is 13.9. The van der Waals surface area contributed by atoms with Crippen LogP contribution in [0.5, 0.6) is 17.2 Å². The van der Waals surface area contributed by atoms with Crippen LogP contribution in [0.15, 0.2) is 45.6 Å². The Labute approximate surface area is 221 Å². The van der Waals surface area contributed by atoms with Gasteiger partial charge in [0.25, 0.3) is 5.91 Å². The molecule has 3 aromatic rings. The fourth-order valence-corrected chi connectivity index (χ4v) is 5.14. The van der Waals surface area contributed by atoms with Gasteiger partial charge in [-0.2, -0.15) is 0 Å². The molecule has 1 amide bonds. The molecule has 0 bridgehead atoms. The maximum Gasteiger partial charge on any atom is 0.290 e. The molecule has 3 heterocycles. The van der Waals surface area contributed by atoms with Crippen molar-refractivity contribution in [1.29, 1.82) is 0 Å². The standard InChI is InChI=1S/C29H34N2O7/c1-4-35-20-8-9-21-23(18-20)38-28-25(27(21)32)26(19-7-10-22(36-5-2)24(17-19)37-6-3)31(29(28)33)12-11-30-13-15-34-16-14-30/h7-10,17-18,26H,4-6,11-16H2,1-3H3. The Morgan fingerprint density at radius 3 is 2.34 bits per heavy atom. The first-order chi connectivity index (χ1) is 18.5. The van der Waals surface area contributed by atoms with E-state index in [0.29, 0.717) is 79.9 Å². The van der Waals surface area contributed by atoms with E-state index < -0.39 is 6.04 Å². The van der Waals surface area contributed by atoms with Crippen molar-refractivity contribution in [3.63, 3.8) is 0 Å². The van der Waals surface area contributed by atoms with Crippen LogP contribution in [0, 0.1) is 0 Å². The van der Waals surface area contributed by atoms with Gasteiger partial charge in [-0.05, 0) is 50.6 Å². The lowest BCUT2D eigenvalue weighted by Crippen LogP contribution is -2.42. The monoisotopic (exact) mass is 522 g/mol. The number of fused-ring (bicyclic) bond motifs is 2. The second kappa shape index (κ2) is 11.4. The van der Waals surface area contributed by atoms with Gasteiger partial charge in [0.15, 0.2) is 16.9 Å². The van der Waals surface area contributed by atoms with Crippen LogP contribution in [0.1, 0.15) is 48.5 Å². The lowest BCUT2D eigenvalue weighted by Gasteiger charge is -2.31. The van der Waals surface area contributed by atoms with Crippen LogP contribution in [0.25, 0.3) is 11.0 Å². The number of rotatable bonds is 10. The van der Waals surface area contributed by atoms with Crippen LogP contribution in [-0.4, -0.2) is 74.9 Å². The normalized spacial score (nSPS) is 17.6. The Morgan fingerprint density at radius 2 is 1.61 bits per heavy atom. The molecule has 0 spiro atoms. The van der Waals surface area contributed by atoms with Gasteiger partial charge in [0.1, 0.15) is 11.3 Å². The highest BCUT2D eigenvalue weighted by Crippen LogP contribution is 2.41. The van der Waals surface area contributed by atoms with Crippen LogP contribution >= 0.6 is 0 Å². The van der Waals surface area contributed by atoms with Crippen molar-refractivity contribution in [3.05, 3.63) is 63.5 Å². The van der Waals surface area contributed by atoms with E-state index in [9.17, 15) is 9.59 Å². The molecule has 0 aliphatic carbocycles. The van der Waals surface area contributed by atoms with E-state index in [1.165, 1.54) is 0 Å². The van der Waals surface area contributed by atoms with Crippen molar-refractivity contribution < 1.29 is 28.2 Å². The predicted molar refractivity (Wildman–Crippen MR) is 143 cm³/mol. The zero-order valence-electron chi connectivity index (χ0n) is 22.2. The number of nitrogens with zero attached hydrogens (tertiary/aromatic N) is 2. The second-order valence-electron chi connectivity index (χ2n) is 9.19. The summed E-state index contributed by atoms with van der Waals surface area (Å²) >= 11 is 0. The summed E-state index contributed by atoms with van der Waals surface area (Å²) < 4.78 is 28.8. The molecule has 2 aliphatic rings. The van der Waals surface area contributed by atoms with Gasteiger partial charge in [0.05, 0.1) is 50.0 Å². The van der Waals surface area contributed by atoms with Gasteiger partial charge >= 0.3 is 0 Å². The lowest BCUT2D eigenvalue weighted by molar-refractivity contribution is 0.0314. The molecule has 38 heavy (non-hydrogen) atoms. The van der Waals surface area contributed by atoms with Crippen molar-refractivity contribution in [2.24, 2.45) is 0 Å². The molecule has 9 nitrogen and oxygen atoms in total. The Morgan fingerprint density at radius 1 is 0.868 bits per heavy atom. The number of amides is 1. The highest BCUT2D eigenvalue weighted by Gasteiger charge is 2.43. The summed E-state index contributed by atoms with van der Waals surface area (Å²) in [5.41, 5.74) is 1.23. The average Bonchev–Trinajstić information content (AvgIpc) is 3.21. The SMILES string of the molecule is CCOc1ccc2c(=O)c3c(oc2c1)C(=O)N(CCN1CCOCC1)C3c1ccc(OCC)c(OCC)c1. The fraction of sp³-hybridized carbons (Fsp3) is 0.448. The first-order valence-corrected chi connectivity index (χ1v) is 13.3. The fourth-order valence-electron chi connectivity index (χ4n) is 5.14. The minimum atomic E-state index is -0.611. The summed E-state index contributed by atoms with van der Waals surface area (Å²) in [6.45, 7) is 11.2. The molecule has 9 heteroatoms. The molecule has 1 fully saturated rings. The average molecular weight is 523 g/mol. The van der Waals surface area contributed by atoms with Gasteiger partial charge in [0.2, 0.25) is 5.76 Å². The Kier molecular flexibility index (Phi) is 7.85. The van der Waals surface area contributed by atoms with Gasteiger partial charge in [-0.25, -0.2) is 0 Å². The molecule has 2 aromatic carbocycles. The van der Waals surface area contributed by atoms with E-state index in [2.05, 4.69) is 4.90 Å². The minimum Gasteiger partial charge on any atom is -0.494 e. The van der Waals surface area contributed by atoms with Gasteiger partial charge in [-0.15, -0.1) is 0 Å². The van der Waals surface area contributed by atoms with Crippen molar-refractivity contribution >= 4 is 16.9 Å². The molecule has 0 saturated carbocycles. The van der Waals surface area contributed by atoms with E-state index in [1.807, 2.05) is 39.0 Å². The van der Waals surface area contributed by atoms with E-state index in [4.69, 9.17) is 23.4 Å². The number of ether oxygens (including phenoxy) is 4. The summed E-state index contributed by atoms with van der Waals surface area (Å²) in [4.78, 5) is 31.7. The summed E-state index contributed by atoms with van der Waals surface area (Å²) in [7, 11) is 0. The topological polar surface area (TPSA) is 90.7 Å². The largest absolute Gasteiger partial charge is 0.494 e. The van der Waals surface area contributed by atoms with Crippen LogP contribution in [0.2, 0.25) is 0 Å². The minimum absolute atomic E-state index is 0.0787. The lowest BCUT2D eigenvalue weighted by atomic mass is 9.98. The summed E-state index contributed by atoms with van der Waals surface area (Å²) in [6, 6.07) is 10.1. The van der Waals surface area contributed by atoms with Gasteiger partial charge < -0.3 is 28.3 Å². The molecule has 1 unspecified atom stereocenters. The molecule has 0 N–H and O–H groups in total. The van der Waals surface area contributed by atoms with Crippen molar-refractivity contribution in [3.8, 4) is 17.2 Å². The Hall–Kier alpha value is -3.56. The zero-order valence-corrected chi connectivity index (χ0v) is 22.2. The highest BCUT2D eigenvalue weighted by molar-refractivity contribution is 5.99. The molecule has 5 rings (SSSR count). The molecular formula is C29H34N2O7. The van der Waals surface area contributed by atoms with Crippen LogP contribution in [-0.2, 0) is 4.74 Å². The molecule has 1 saturated heterocycles. The third-order valence-corrected chi connectivity index (χ3v) is 6.89. The smallest absolute Gasteiger partial charge is 0.290 e. The number of benzene rings is 2. The number of hydrogen-bond acceptors (Lipinski definition) is 8. The quantitative estimate of drug-likeness (QED) is 0.397. The van der Waals surface area contributed by atoms with Crippen molar-refractivity contribution in [2.45, 2.75) is 26.8 Å². The predicted octanol–water partition coefficient (Wildman–Crippen LogP) is 3.87. The number of carbonyl (C=O) groups is 1. The van der Waals surface area contributed by atoms with E-state index in [-0.39, 0.29) is 17.1 Å². The Bertz CT molecular complexity index is 1360. The molecular weight excluding hydrogens is 488 g/mol. The van der Waals surface area contributed by atoms with Crippen molar-refractivity contribution in [2.75, 3.05) is 59.2 Å². The molecule has 0 radical (unpaired) electrons. The first-order valence-electron chi connectivity index (χ1n) is 13.3. The van der Waals surface area contributed by atoms with E-state index >= 15 is 0 Å². The summed E-state index contributed by atoms with van der Waals surface area (Å²) in [5, 5.41) is 0.413. The summed E-state index contributed by atoms with van der Waals surface area (Å²) in [5.74, 6) is 1.56. The number of carbonyl (C=O) groups excluding carboxylic acids is 1. The van der Waals surface area contributed by atoms with E-state index in [0.717, 1.165) is 18.7 Å². The molecule has 2 aliphatic heterocycles. The van der Waals surface area contributed by atoms with E-state index in [1.54, 1.807) is 23.1 Å². The molecule has 1 atom stereocenters. The third kappa shape index (κ3) is 4.96.